The number of benzene rings is 1. The molecule has 0 aromatic heterocycles. The molecule has 1 aromatic rings. The molecule has 0 saturated heterocycles. The molecule has 1 rings (SSSR count). The number of hydrogen-bond acceptors (Lipinski definition) is 0. The predicted molar refractivity (Wildman–Crippen MR) is 61.5 cm³/mol. The van der Waals surface area contributed by atoms with Crippen LogP contribution < -0.4 is 51.4 Å². The summed E-state index contributed by atoms with van der Waals surface area (Å²) in [7, 11) is -18.0. The van der Waals surface area contributed by atoms with E-state index in [0.717, 1.165) is 5.56 Å². The number of halogens is 12. The smallest absolute Gasteiger partial charge is 0.418 e. The van der Waals surface area contributed by atoms with Crippen molar-refractivity contribution in [1.29, 1.82) is 0 Å². The Hall–Kier alpha value is 0.0812. The normalized spacial score (nSPS) is 10.4. The second-order valence-electron chi connectivity index (χ2n) is 2.97. The second kappa shape index (κ2) is 14.4. The van der Waals surface area contributed by atoms with E-state index in [1.54, 1.807) is 0 Å². The second-order valence-corrected chi connectivity index (χ2v) is 2.97. The molecule has 0 amide bonds. The van der Waals surface area contributed by atoms with Gasteiger partial charge in [0.25, 0.3) is 0 Å². The van der Waals surface area contributed by atoms with E-state index < -0.39 is 21.8 Å². The first-order valence-corrected chi connectivity index (χ1v) is 4.88. The minimum absolute atomic E-state index is 0. The molecule has 23 heavy (non-hydrogen) atoms. The Morgan fingerprint density at radius 1 is 0.522 bits per heavy atom. The summed E-state index contributed by atoms with van der Waals surface area (Å²) >= 11 is 0. The Balaban J connectivity index is -0.000000105. The minimum Gasteiger partial charge on any atom is -0.418 e. The molecule has 0 radical (unpaired) electrons. The predicted octanol–water partition coefficient (Wildman–Crippen LogP) is 2.77. The third kappa shape index (κ3) is 136. The third-order valence-corrected chi connectivity index (χ3v) is 0.843. The van der Waals surface area contributed by atoms with Crippen LogP contribution in [0, 0.1) is 6.92 Å². The molecule has 0 heterocycles. The molecule has 0 spiro atoms. The van der Waals surface area contributed by atoms with Gasteiger partial charge in [-0.15, -0.1) is 12.1 Å². The SMILES string of the molecule is F[B-](F)(F)F.F[B-](F)(F)F.F[B-](F)(F)F.[CH2-]c1ccccc1.[K+]. The molecular weight excluding hydrogens is 384 g/mol. The average molecular weight is 391 g/mol. The summed E-state index contributed by atoms with van der Waals surface area (Å²) in [6.45, 7) is 3.72. The van der Waals surface area contributed by atoms with Crippen molar-refractivity contribution >= 4 is 21.8 Å². The van der Waals surface area contributed by atoms with Crippen LogP contribution in [0.1, 0.15) is 5.56 Å². The van der Waals surface area contributed by atoms with Gasteiger partial charge in [-0.25, -0.2) is 0 Å². The number of rotatable bonds is 0. The summed E-state index contributed by atoms with van der Waals surface area (Å²) in [5, 5.41) is 0. The molecule has 0 N–H and O–H groups in total. The maximum absolute atomic E-state index is 9.75. The molecule has 0 fully saturated rings. The zero-order chi connectivity index (χ0) is 18.6. The van der Waals surface area contributed by atoms with Crippen LogP contribution in [-0.2, 0) is 0 Å². The average Bonchev–Trinajstić information content (AvgIpc) is 2.09. The molecular formula is C7H7B3F12K-3. The molecule has 132 valence electrons. The first kappa shape index (κ1) is 30.9. The Kier molecular flexibility index (Phi) is 19.4. The van der Waals surface area contributed by atoms with Crippen molar-refractivity contribution in [1.82, 2.24) is 0 Å². The summed E-state index contributed by atoms with van der Waals surface area (Å²) in [6, 6.07) is 9.87. The minimum atomic E-state index is -6.00. The van der Waals surface area contributed by atoms with Gasteiger partial charge in [-0.05, 0) is 0 Å². The third-order valence-electron chi connectivity index (χ3n) is 0.843. The zero-order valence-electron chi connectivity index (χ0n) is 11.4. The van der Waals surface area contributed by atoms with Gasteiger partial charge < -0.3 is 51.8 Å². The van der Waals surface area contributed by atoms with E-state index in [1.807, 2.05) is 30.3 Å². The Morgan fingerprint density at radius 3 is 0.783 bits per heavy atom. The number of hydrogen-bond donors (Lipinski definition) is 0. The summed E-state index contributed by atoms with van der Waals surface area (Å²) in [4.78, 5) is 0. The van der Waals surface area contributed by atoms with Gasteiger partial charge in [0.2, 0.25) is 0 Å². The molecule has 0 saturated carbocycles. The van der Waals surface area contributed by atoms with Crippen LogP contribution >= 0.6 is 0 Å². The molecule has 0 unspecified atom stereocenters. The summed E-state index contributed by atoms with van der Waals surface area (Å²) in [5.74, 6) is 0. The first-order valence-electron chi connectivity index (χ1n) is 4.88. The largest absolute Gasteiger partial charge is 1.00 e. The van der Waals surface area contributed by atoms with Crippen LogP contribution in [0.25, 0.3) is 0 Å². The molecule has 0 aliphatic rings. The van der Waals surface area contributed by atoms with E-state index >= 15 is 0 Å². The van der Waals surface area contributed by atoms with Crippen LogP contribution in [0.5, 0.6) is 0 Å². The van der Waals surface area contributed by atoms with E-state index in [9.17, 15) is 51.8 Å². The Morgan fingerprint density at radius 2 is 0.696 bits per heavy atom. The quantitative estimate of drug-likeness (QED) is 0.363. The Bertz CT molecular complexity index is 315. The summed E-state index contributed by atoms with van der Waals surface area (Å²) in [5.41, 5.74) is 1.07. The fraction of sp³-hybridized carbons (Fsp3) is 0. The van der Waals surface area contributed by atoms with Gasteiger partial charge in [-0.2, -0.15) is 24.6 Å². The van der Waals surface area contributed by atoms with Gasteiger partial charge in [0.1, 0.15) is 0 Å². The van der Waals surface area contributed by atoms with Gasteiger partial charge in [0.15, 0.2) is 0 Å². The fourth-order valence-corrected chi connectivity index (χ4v) is 0.478. The van der Waals surface area contributed by atoms with Crippen molar-refractivity contribution < 1.29 is 103 Å². The molecule has 0 aliphatic heterocycles. The van der Waals surface area contributed by atoms with Crippen LogP contribution in [0.2, 0.25) is 0 Å². The van der Waals surface area contributed by atoms with Crippen LogP contribution in [0.3, 0.4) is 0 Å². The van der Waals surface area contributed by atoms with Crippen LogP contribution in [-0.4, -0.2) is 21.8 Å². The van der Waals surface area contributed by atoms with E-state index in [1.165, 1.54) is 0 Å². The standard InChI is InChI=1S/C7H7.3BF4.K/c1-7-5-3-2-4-6-7;3*2-1(3,4)5;/h2-6H,1H2;;;;/q4*-1;+1. The molecule has 16 heteroatoms. The van der Waals surface area contributed by atoms with Gasteiger partial charge in [0, 0.05) is 0 Å². The van der Waals surface area contributed by atoms with Crippen LogP contribution in [0.15, 0.2) is 30.3 Å². The van der Waals surface area contributed by atoms with E-state index in [4.69, 9.17) is 0 Å². The summed E-state index contributed by atoms with van der Waals surface area (Å²) in [6.07, 6.45) is 0. The fourth-order valence-electron chi connectivity index (χ4n) is 0.478. The van der Waals surface area contributed by atoms with Crippen molar-refractivity contribution in [2.45, 2.75) is 0 Å². The van der Waals surface area contributed by atoms with Crippen LogP contribution in [0.4, 0.5) is 51.8 Å². The topological polar surface area (TPSA) is 0 Å². The maximum atomic E-state index is 9.75. The van der Waals surface area contributed by atoms with E-state index in [2.05, 4.69) is 6.92 Å². The van der Waals surface area contributed by atoms with E-state index in [0.29, 0.717) is 0 Å². The van der Waals surface area contributed by atoms with E-state index in [-0.39, 0.29) is 51.4 Å². The Labute approximate surface area is 166 Å². The molecule has 0 atom stereocenters. The molecule has 0 bridgehead atoms. The van der Waals surface area contributed by atoms with Crippen molar-refractivity contribution in [3.63, 3.8) is 0 Å². The van der Waals surface area contributed by atoms with Crippen molar-refractivity contribution in [3.8, 4) is 0 Å². The van der Waals surface area contributed by atoms with Crippen molar-refractivity contribution in [2.75, 3.05) is 0 Å². The van der Waals surface area contributed by atoms with Crippen molar-refractivity contribution in [3.05, 3.63) is 42.8 Å². The van der Waals surface area contributed by atoms with Gasteiger partial charge in [0.05, 0.1) is 0 Å². The van der Waals surface area contributed by atoms with Gasteiger partial charge in [-0.1, -0.05) is 6.07 Å². The van der Waals surface area contributed by atoms with Gasteiger partial charge in [-0.3, -0.25) is 0 Å². The zero-order valence-corrected chi connectivity index (χ0v) is 14.5. The monoisotopic (exact) mass is 391 g/mol. The molecule has 1 aromatic carbocycles. The molecule has 0 nitrogen and oxygen atoms in total. The maximum Gasteiger partial charge on any atom is 1.00 e. The molecule has 0 aliphatic carbocycles. The van der Waals surface area contributed by atoms with Gasteiger partial charge >= 0.3 is 73.1 Å². The summed E-state index contributed by atoms with van der Waals surface area (Å²) < 4.78 is 117. The first-order chi connectivity index (χ1) is 9.39. The van der Waals surface area contributed by atoms with Crippen molar-refractivity contribution in [2.24, 2.45) is 0 Å².